The molecule has 69 heavy (non-hydrogen) atoms. The van der Waals surface area contributed by atoms with Crippen LogP contribution in [0.25, 0.3) is 55.3 Å². The summed E-state index contributed by atoms with van der Waals surface area (Å²) in [7, 11) is 0. The molecule has 342 valence electrons. The molecular weight excluding hydrogens is 831 g/mol. The molecular formula is C68H65N. The van der Waals surface area contributed by atoms with Crippen molar-refractivity contribution in [1.29, 1.82) is 0 Å². The summed E-state index contributed by atoms with van der Waals surface area (Å²) < 4.78 is 0. The fourth-order valence-corrected chi connectivity index (χ4v) is 17.3. The van der Waals surface area contributed by atoms with E-state index in [0.717, 1.165) is 23.7 Å². The van der Waals surface area contributed by atoms with Gasteiger partial charge in [0.05, 0.1) is 0 Å². The van der Waals surface area contributed by atoms with Crippen molar-refractivity contribution in [2.24, 2.45) is 47.3 Å². The lowest BCUT2D eigenvalue weighted by atomic mass is 9.49. The highest BCUT2D eigenvalue weighted by molar-refractivity contribution is 6.01. The third-order valence-corrected chi connectivity index (χ3v) is 19.4. The Morgan fingerprint density at radius 3 is 1.55 bits per heavy atom. The molecule has 0 N–H and O–H groups in total. The highest BCUT2D eigenvalue weighted by Crippen LogP contribution is 2.66. The molecule has 14 rings (SSSR count). The molecule has 6 aliphatic rings. The highest BCUT2D eigenvalue weighted by Gasteiger charge is 2.58. The van der Waals surface area contributed by atoms with E-state index < -0.39 is 0 Å². The summed E-state index contributed by atoms with van der Waals surface area (Å²) in [6.07, 6.45) is 10.9. The molecule has 4 bridgehead atoms. The summed E-state index contributed by atoms with van der Waals surface area (Å²) in [5, 5.41) is 2.56. The number of anilines is 3. The predicted molar refractivity (Wildman–Crippen MR) is 289 cm³/mol. The first-order valence-electron chi connectivity index (χ1n) is 26.8. The van der Waals surface area contributed by atoms with E-state index in [-0.39, 0.29) is 10.8 Å². The summed E-state index contributed by atoms with van der Waals surface area (Å²) in [6, 6.07) is 68.4. The van der Waals surface area contributed by atoms with Crippen molar-refractivity contribution >= 4 is 27.8 Å². The Hall–Kier alpha value is -6.18. The van der Waals surface area contributed by atoms with Crippen molar-refractivity contribution in [2.75, 3.05) is 4.90 Å². The molecule has 4 fully saturated rings. The van der Waals surface area contributed by atoms with Gasteiger partial charge in [0.1, 0.15) is 0 Å². The average molecular weight is 896 g/mol. The molecule has 6 aliphatic carbocycles. The first-order valence-corrected chi connectivity index (χ1v) is 26.8. The van der Waals surface area contributed by atoms with Gasteiger partial charge in [-0.2, -0.15) is 0 Å². The van der Waals surface area contributed by atoms with E-state index in [4.69, 9.17) is 0 Å². The second-order valence-corrected chi connectivity index (χ2v) is 23.3. The van der Waals surface area contributed by atoms with Crippen LogP contribution in [0.3, 0.4) is 0 Å². The Kier molecular flexibility index (Phi) is 9.48. The number of hydrogen-bond acceptors (Lipinski definition) is 1. The maximum Gasteiger partial charge on any atom is 0.0468 e. The quantitative estimate of drug-likeness (QED) is 0.166. The smallest absolute Gasteiger partial charge is 0.0468 e. The van der Waals surface area contributed by atoms with Gasteiger partial charge in [-0.25, -0.2) is 0 Å². The molecule has 8 aromatic carbocycles. The van der Waals surface area contributed by atoms with Crippen LogP contribution in [0.2, 0.25) is 0 Å². The van der Waals surface area contributed by atoms with Crippen molar-refractivity contribution in [3.8, 4) is 44.5 Å². The summed E-state index contributed by atoms with van der Waals surface area (Å²) in [5.41, 5.74) is 20.9. The van der Waals surface area contributed by atoms with E-state index in [0.29, 0.717) is 23.7 Å². The van der Waals surface area contributed by atoms with Gasteiger partial charge in [0.2, 0.25) is 0 Å². The Labute approximate surface area is 410 Å². The van der Waals surface area contributed by atoms with Gasteiger partial charge < -0.3 is 4.90 Å². The highest BCUT2D eigenvalue weighted by atomic mass is 15.1. The zero-order valence-corrected chi connectivity index (χ0v) is 41.0. The fraction of sp³-hybridized carbons (Fsp3) is 0.324. The van der Waals surface area contributed by atoms with E-state index in [1.807, 2.05) is 0 Å². The zero-order chi connectivity index (χ0) is 46.2. The zero-order valence-electron chi connectivity index (χ0n) is 41.0. The topological polar surface area (TPSA) is 3.24 Å². The van der Waals surface area contributed by atoms with E-state index in [1.165, 1.54) is 124 Å². The van der Waals surface area contributed by atoms with Gasteiger partial charge in [-0.1, -0.05) is 161 Å². The van der Waals surface area contributed by atoms with Crippen LogP contribution in [0.1, 0.15) is 101 Å². The second-order valence-electron chi connectivity index (χ2n) is 23.3. The molecule has 0 radical (unpaired) electrons. The van der Waals surface area contributed by atoms with Gasteiger partial charge >= 0.3 is 0 Å². The third kappa shape index (κ3) is 6.08. The second kappa shape index (κ2) is 15.7. The van der Waals surface area contributed by atoms with Crippen LogP contribution in [0.4, 0.5) is 17.1 Å². The molecule has 0 amide bonds. The van der Waals surface area contributed by atoms with Crippen LogP contribution < -0.4 is 4.90 Å². The maximum atomic E-state index is 2.58. The molecule has 0 aromatic heterocycles. The van der Waals surface area contributed by atoms with Crippen molar-refractivity contribution in [3.05, 3.63) is 198 Å². The van der Waals surface area contributed by atoms with Gasteiger partial charge in [-0.05, 0) is 219 Å². The molecule has 10 atom stereocenters. The van der Waals surface area contributed by atoms with Crippen LogP contribution in [-0.2, 0) is 10.8 Å². The number of rotatable bonds is 5. The largest absolute Gasteiger partial charge is 0.310 e. The van der Waals surface area contributed by atoms with Crippen LogP contribution in [0.15, 0.2) is 176 Å². The molecule has 0 heterocycles. The molecule has 1 nitrogen and oxygen atoms in total. The Morgan fingerprint density at radius 2 is 0.870 bits per heavy atom. The van der Waals surface area contributed by atoms with Gasteiger partial charge in [0, 0.05) is 27.9 Å². The minimum absolute atomic E-state index is 0.0689. The maximum absolute atomic E-state index is 2.58. The van der Waals surface area contributed by atoms with Crippen molar-refractivity contribution in [1.82, 2.24) is 0 Å². The number of hydrogen-bond donors (Lipinski definition) is 0. The van der Waals surface area contributed by atoms with E-state index >= 15 is 0 Å². The molecule has 8 aromatic rings. The summed E-state index contributed by atoms with van der Waals surface area (Å²) in [6.45, 7) is 10.2. The number of nitrogens with zero attached hydrogens (tertiary/aromatic N) is 1. The minimum Gasteiger partial charge on any atom is -0.310 e. The average Bonchev–Trinajstić information content (AvgIpc) is 3.83. The van der Waals surface area contributed by atoms with Gasteiger partial charge in [-0.3, -0.25) is 0 Å². The van der Waals surface area contributed by atoms with Crippen molar-refractivity contribution in [2.45, 2.75) is 89.9 Å². The SMILES string of the molecule is C[C@@H]1CC2CC(C1)[C@]1(c3ccccc3-c3cc(-c4cccc5cc(N(c6cccc(-c7ccccc7)c6)c6ccc7c(c6)-c6ccccc6[C@@]76[C@H]7CC(C[C@@H](C)C7)C[C@@H]6C)ccc45)ccc31)[C@@H](C)C2. The first kappa shape index (κ1) is 41.8. The van der Waals surface area contributed by atoms with E-state index in [2.05, 4.69) is 209 Å². The standard InChI is InChI=1S/C68H65N/c1-42-30-46-34-44(3)67(52(32-42)36-46)63-22-10-8-19-59(63)61-40-51(24-28-65(61)67)57-21-13-17-50-39-55(25-27-58(50)57)69(54-18-12-16-49(38-54)48-14-6-5-7-15-48)56-26-29-66-62(41-56)60-20-9-11-23-64(60)68(66)45(4)35-47-31-43(2)33-53(68)37-47/h5-29,38-47,52-53H,30-37H2,1-4H3/t42-,43-,44+,45+,46?,47?,52?,53-,67+,68-/m1/s1. The van der Waals surface area contributed by atoms with Crippen LogP contribution in [0.5, 0.6) is 0 Å². The Morgan fingerprint density at radius 1 is 0.348 bits per heavy atom. The lowest BCUT2D eigenvalue weighted by molar-refractivity contribution is 0.0425. The van der Waals surface area contributed by atoms with Gasteiger partial charge in [-0.15, -0.1) is 0 Å². The number of fused-ring (bicyclic) bond motifs is 17. The van der Waals surface area contributed by atoms with Crippen molar-refractivity contribution in [3.63, 3.8) is 0 Å². The molecule has 0 aliphatic heterocycles. The lowest BCUT2D eigenvalue weighted by Crippen LogP contribution is -2.49. The lowest BCUT2D eigenvalue weighted by Gasteiger charge is -2.54. The third-order valence-electron chi connectivity index (χ3n) is 19.4. The summed E-state index contributed by atoms with van der Waals surface area (Å²) in [5.74, 6) is 5.95. The normalized spacial score (nSPS) is 29.1. The Balaban J connectivity index is 0.903. The number of benzene rings is 8. The first-order chi connectivity index (χ1) is 33.8. The summed E-state index contributed by atoms with van der Waals surface area (Å²) >= 11 is 0. The monoisotopic (exact) mass is 896 g/mol. The molecule has 2 spiro atoms. The molecule has 3 unspecified atom stereocenters. The van der Waals surface area contributed by atoms with E-state index in [9.17, 15) is 0 Å². The van der Waals surface area contributed by atoms with Crippen LogP contribution >= 0.6 is 0 Å². The van der Waals surface area contributed by atoms with Gasteiger partial charge in [0.25, 0.3) is 0 Å². The summed E-state index contributed by atoms with van der Waals surface area (Å²) in [4.78, 5) is 2.53. The molecule has 1 heteroatoms. The van der Waals surface area contributed by atoms with Gasteiger partial charge in [0.15, 0.2) is 0 Å². The van der Waals surface area contributed by atoms with Crippen LogP contribution in [0, 0.1) is 47.3 Å². The minimum atomic E-state index is 0.0689. The van der Waals surface area contributed by atoms with Crippen LogP contribution in [-0.4, -0.2) is 0 Å². The predicted octanol–water partition coefficient (Wildman–Crippen LogP) is 18.4. The van der Waals surface area contributed by atoms with Crippen molar-refractivity contribution < 1.29 is 0 Å². The fourth-order valence-electron chi connectivity index (χ4n) is 17.3. The van der Waals surface area contributed by atoms with E-state index in [1.54, 1.807) is 22.3 Å². The molecule has 0 saturated heterocycles. The Bertz CT molecular complexity index is 3320. The molecule has 4 saturated carbocycles.